The molecule has 0 heterocycles. The predicted octanol–water partition coefficient (Wildman–Crippen LogP) is 7.46. The number of fused-ring (bicyclic) bond motifs is 4. The van der Waals surface area contributed by atoms with Gasteiger partial charge in [-0.2, -0.15) is 10.2 Å². The van der Waals surface area contributed by atoms with Crippen molar-refractivity contribution < 1.29 is 9.59 Å². The lowest BCUT2D eigenvalue weighted by atomic mass is 9.97. The summed E-state index contributed by atoms with van der Waals surface area (Å²) in [7, 11) is 0. The molecule has 6 rings (SSSR count). The van der Waals surface area contributed by atoms with Crippen LogP contribution in [0.4, 0.5) is 0 Å². The maximum Gasteiger partial charge on any atom is 0.240 e. The van der Waals surface area contributed by atoms with Gasteiger partial charge in [0, 0.05) is 24.0 Å². The van der Waals surface area contributed by atoms with Gasteiger partial charge in [-0.1, -0.05) is 97.1 Å². The van der Waals surface area contributed by atoms with Gasteiger partial charge in [0.15, 0.2) is 0 Å². The molecule has 6 nitrogen and oxygen atoms in total. The van der Waals surface area contributed by atoms with Crippen LogP contribution in [0.5, 0.6) is 0 Å². The molecule has 6 heteroatoms. The van der Waals surface area contributed by atoms with Gasteiger partial charge in [-0.05, 0) is 68.1 Å². The fraction of sp³-hybridized carbons (Fsp3) is 0.111. The van der Waals surface area contributed by atoms with Crippen LogP contribution < -0.4 is 10.9 Å². The van der Waals surface area contributed by atoms with Crippen LogP contribution in [-0.2, 0) is 9.59 Å². The minimum Gasteiger partial charge on any atom is -0.273 e. The summed E-state index contributed by atoms with van der Waals surface area (Å²) < 4.78 is 0. The van der Waals surface area contributed by atoms with E-state index in [1.807, 2.05) is 48.5 Å². The number of carbonyl (C=O) groups excluding carboxylic acids is 2. The van der Waals surface area contributed by atoms with E-state index >= 15 is 0 Å². The first-order valence-electron chi connectivity index (χ1n) is 14.1. The number of hydrogen-bond acceptors (Lipinski definition) is 4. The summed E-state index contributed by atoms with van der Waals surface area (Å²) in [6, 6.07) is 36.9. The van der Waals surface area contributed by atoms with Gasteiger partial charge in [0.2, 0.25) is 11.8 Å². The summed E-state index contributed by atoms with van der Waals surface area (Å²) in [5, 5.41) is 17.3. The summed E-state index contributed by atoms with van der Waals surface area (Å²) in [6.45, 7) is 0. The van der Waals surface area contributed by atoms with Crippen LogP contribution in [0.2, 0.25) is 0 Å². The minimum absolute atomic E-state index is 0.183. The molecular formula is C36H30N4O2. The molecule has 0 aromatic heterocycles. The Morgan fingerprint density at radius 3 is 1.14 bits per heavy atom. The fourth-order valence-corrected chi connectivity index (χ4v) is 5.40. The zero-order valence-electron chi connectivity index (χ0n) is 23.1. The van der Waals surface area contributed by atoms with Crippen molar-refractivity contribution in [1.82, 2.24) is 10.9 Å². The fourth-order valence-electron chi connectivity index (χ4n) is 5.40. The highest BCUT2D eigenvalue weighted by Crippen LogP contribution is 2.28. The van der Waals surface area contributed by atoms with E-state index in [1.54, 1.807) is 12.4 Å². The Bertz CT molecular complexity index is 1740. The number of rotatable bonds is 9. The number of nitrogens with zero attached hydrogens (tertiary/aromatic N) is 2. The summed E-state index contributed by atoms with van der Waals surface area (Å²) >= 11 is 0. The highest BCUT2D eigenvalue weighted by Gasteiger charge is 2.08. The normalized spacial score (nSPS) is 11.7. The third kappa shape index (κ3) is 5.88. The Balaban J connectivity index is 1.01. The van der Waals surface area contributed by atoms with Crippen LogP contribution in [-0.4, -0.2) is 24.2 Å². The highest BCUT2D eigenvalue weighted by atomic mass is 16.2. The number of nitrogens with one attached hydrogen (secondary N) is 2. The molecule has 2 amide bonds. The zero-order chi connectivity index (χ0) is 28.7. The van der Waals surface area contributed by atoms with Crippen LogP contribution in [0.3, 0.4) is 0 Å². The van der Waals surface area contributed by atoms with Crippen molar-refractivity contribution in [2.75, 3.05) is 0 Å². The Hall–Kier alpha value is -5.36. The highest BCUT2D eigenvalue weighted by molar-refractivity contribution is 6.14. The van der Waals surface area contributed by atoms with Crippen molar-refractivity contribution in [1.29, 1.82) is 0 Å². The minimum atomic E-state index is -0.183. The van der Waals surface area contributed by atoms with Gasteiger partial charge >= 0.3 is 0 Å². The molecule has 0 saturated carbocycles. The van der Waals surface area contributed by atoms with Gasteiger partial charge in [0.1, 0.15) is 0 Å². The number of amides is 2. The second kappa shape index (κ2) is 12.4. The molecule has 42 heavy (non-hydrogen) atoms. The number of unbranched alkanes of at least 4 members (excludes halogenated alkanes) is 1. The van der Waals surface area contributed by atoms with Gasteiger partial charge in [-0.15, -0.1) is 0 Å². The lowest BCUT2D eigenvalue weighted by Gasteiger charge is -2.08. The molecule has 0 unspecified atom stereocenters. The molecule has 0 spiro atoms. The van der Waals surface area contributed by atoms with E-state index in [-0.39, 0.29) is 24.7 Å². The van der Waals surface area contributed by atoms with E-state index in [2.05, 4.69) is 81.7 Å². The molecule has 0 aliphatic heterocycles. The Labute approximate surface area is 243 Å². The smallest absolute Gasteiger partial charge is 0.240 e. The molecule has 206 valence electrons. The summed E-state index contributed by atoms with van der Waals surface area (Å²) in [5.74, 6) is -0.367. The molecule has 0 saturated heterocycles. The van der Waals surface area contributed by atoms with E-state index in [4.69, 9.17) is 0 Å². The molecule has 6 aromatic carbocycles. The van der Waals surface area contributed by atoms with Gasteiger partial charge in [0.25, 0.3) is 0 Å². The molecule has 2 N–H and O–H groups in total. The Morgan fingerprint density at radius 1 is 0.500 bits per heavy atom. The lowest BCUT2D eigenvalue weighted by Crippen LogP contribution is -2.19. The van der Waals surface area contributed by atoms with Crippen molar-refractivity contribution in [3.63, 3.8) is 0 Å². The van der Waals surface area contributed by atoms with Crippen LogP contribution >= 0.6 is 0 Å². The van der Waals surface area contributed by atoms with Crippen molar-refractivity contribution >= 4 is 67.3 Å². The van der Waals surface area contributed by atoms with E-state index in [9.17, 15) is 9.59 Å². The average molecular weight is 551 g/mol. The molecule has 0 radical (unpaired) electrons. The molecule has 0 aliphatic carbocycles. The lowest BCUT2D eigenvalue weighted by molar-refractivity contribution is -0.123. The van der Waals surface area contributed by atoms with Crippen LogP contribution in [0.15, 0.2) is 119 Å². The van der Waals surface area contributed by atoms with Gasteiger partial charge in [-0.25, -0.2) is 10.9 Å². The largest absolute Gasteiger partial charge is 0.273 e. The van der Waals surface area contributed by atoms with E-state index in [1.165, 1.54) is 0 Å². The van der Waals surface area contributed by atoms with E-state index in [0.717, 1.165) is 54.2 Å². The quantitative estimate of drug-likeness (QED) is 0.0848. The van der Waals surface area contributed by atoms with Crippen LogP contribution in [0.1, 0.15) is 36.8 Å². The topological polar surface area (TPSA) is 82.9 Å². The third-order valence-corrected chi connectivity index (χ3v) is 7.45. The van der Waals surface area contributed by atoms with Gasteiger partial charge in [0.05, 0.1) is 12.4 Å². The van der Waals surface area contributed by atoms with E-state index in [0.29, 0.717) is 12.8 Å². The van der Waals surface area contributed by atoms with Crippen molar-refractivity contribution in [3.05, 3.63) is 120 Å². The molecule has 0 fully saturated rings. The van der Waals surface area contributed by atoms with Crippen molar-refractivity contribution in [3.8, 4) is 0 Å². The summed E-state index contributed by atoms with van der Waals surface area (Å²) in [5.41, 5.74) is 7.21. The molecule has 0 aliphatic rings. The first kappa shape index (κ1) is 26.8. The first-order valence-corrected chi connectivity index (χ1v) is 14.1. The predicted molar refractivity (Wildman–Crippen MR) is 173 cm³/mol. The number of carbonyl (C=O) groups is 2. The second-order valence-corrected chi connectivity index (χ2v) is 10.3. The van der Waals surface area contributed by atoms with Crippen molar-refractivity contribution in [2.45, 2.75) is 25.7 Å². The monoisotopic (exact) mass is 550 g/mol. The molecule has 0 atom stereocenters. The number of benzene rings is 6. The average Bonchev–Trinajstić information content (AvgIpc) is 3.02. The second-order valence-electron chi connectivity index (χ2n) is 10.3. The maximum absolute atomic E-state index is 12.4. The zero-order valence-corrected chi connectivity index (χ0v) is 23.1. The maximum atomic E-state index is 12.4. The standard InChI is InChI=1S/C36H30N4O2/c41-35(39-37-23-33-29-15-5-1-11-25(29)21-26-12-2-6-16-30(26)33)19-9-10-20-36(42)40-38-24-34-31-17-7-3-13-27(31)22-28-14-4-8-18-32(28)34/h1-8,11-18,21-24H,9-10,19-20H2,(H,39,41)(H,40,42). The number of hydrogen-bond donors (Lipinski definition) is 2. The van der Waals surface area contributed by atoms with Gasteiger partial charge < -0.3 is 0 Å². The molecular weight excluding hydrogens is 520 g/mol. The number of hydrazone groups is 2. The van der Waals surface area contributed by atoms with Gasteiger partial charge in [-0.3, -0.25) is 9.59 Å². The van der Waals surface area contributed by atoms with E-state index < -0.39 is 0 Å². The summed E-state index contributed by atoms with van der Waals surface area (Å²) in [6.07, 6.45) is 5.14. The Kier molecular flexibility index (Phi) is 7.95. The Morgan fingerprint density at radius 2 is 0.810 bits per heavy atom. The van der Waals surface area contributed by atoms with Crippen LogP contribution in [0.25, 0.3) is 43.1 Å². The first-order chi connectivity index (χ1) is 20.7. The summed E-state index contributed by atoms with van der Waals surface area (Å²) in [4.78, 5) is 24.8. The SMILES string of the molecule is O=C(CCCCC(=O)NN=Cc1c2ccccc2cc2ccccc12)NN=Cc1c2ccccc2cc2ccccc12. The molecule has 6 aromatic rings. The third-order valence-electron chi connectivity index (χ3n) is 7.45. The van der Waals surface area contributed by atoms with Crippen LogP contribution in [0, 0.1) is 0 Å². The van der Waals surface area contributed by atoms with Crippen molar-refractivity contribution in [2.24, 2.45) is 10.2 Å². The molecule has 0 bridgehead atoms.